The van der Waals surface area contributed by atoms with Crippen LogP contribution in [-0.4, -0.2) is 11.9 Å². The van der Waals surface area contributed by atoms with Gasteiger partial charge in [0.15, 0.2) is 0 Å². The fourth-order valence-electron chi connectivity index (χ4n) is 2.64. The van der Waals surface area contributed by atoms with Crippen LogP contribution < -0.4 is 5.32 Å². The molecule has 1 fully saturated rings. The van der Waals surface area contributed by atoms with Gasteiger partial charge in [0.25, 0.3) is 0 Å². The Bertz CT molecular complexity index is 366. The molecule has 2 nitrogen and oxygen atoms in total. The normalized spacial score (nSPS) is 18.9. The quantitative estimate of drug-likeness (QED) is 0.809. The van der Waals surface area contributed by atoms with Gasteiger partial charge < -0.3 is 5.32 Å². The number of hydrogen-bond acceptors (Lipinski definition) is 1. The molecule has 1 N–H and O–H groups in total. The number of carbonyl (C=O) groups is 1. The molecule has 1 amide bonds. The maximum Gasteiger partial charge on any atom is 0.227 e. The van der Waals surface area contributed by atoms with Crippen LogP contribution in [0.15, 0.2) is 30.3 Å². The summed E-state index contributed by atoms with van der Waals surface area (Å²) in [6.45, 7) is 1.99. The molecule has 1 aromatic carbocycles. The summed E-state index contributed by atoms with van der Waals surface area (Å²) < 4.78 is 0. The molecule has 1 aliphatic rings. The van der Waals surface area contributed by atoms with Crippen LogP contribution in [0.4, 0.5) is 0 Å². The lowest BCUT2D eigenvalue weighted by atomic mass is 9.99. The second-order valence-electron chi connectivity index (χ2n) is 5.33. The van der Waals surface area contributed by atoms with Crippen LogP contribution in [0.2, 0.25) is 0 Å². The van der Waals surface area contributed by atoms with E-state index in [0.717, 1.165) is 18.4 Å². The molecule has 1 atom stereocenters. The average Bonchev–Trinajstić information content (AvgIpc) is 2.67. The monoisotopic (exact) mass is 245 g/mol. The van der Waals surface area contributed by atoms with Gasteiger partial charge in [0, 0.05) is 6.04 Å². The standard InChI is InChI=1S/C16H23NO/c1-13(14-9-5-4-6-10-14)16(18)17-15-11-7-2-3-8-12-15/h4-6,9-10,13,15H,2-3,7-8,11-12H2,1H3,(H,17,18). The average molecular weight is 245 g/mol. The maximum absolute atomic E-state index is 12.2. The van der Waals surface area contributed by atoms with Gasteiger partial charge in [0.1, 0.15) is 0 Å². The summed E-state index contributed by atoms with van der Waals surface area (Å²) in [7, 11) is 0. The van der Waals surface area contributed by atoms with Crippen molar-refractivity contribution in [1.29, 1.82) is 0 Å². The largest absolute Gasteiger partial charge is 0.353 e. The Morgan fingerprint density at radius 2 is 1.72 bits per heavy atom. The molecular formula is C16H23NO. The predicted octanol–water partition coefficient (Wildman–Crippen LogP) is 3.63. The van der Waals surface area contributed by atoms with Crippen LogP contribution in [-0.2, 0) is 4.79 Å². The molecule has 2 rings (SSSR count). The third kappa shape index (κ3) is 3.59. The number of carbonyl (C=O) groups excluding carboxylic acids is 1. The van der Waals surface area contributed by atoms with Gasteiger partial charge in [-0.1, -0.05) is 56.0 Å². The molecule has 1 aliphatic carbocycles. The fourth-order valence-corrected chi connectivity index (χ4v) is 2.64. The molecular weight excluding hydrogens is 222 g/mol. The molecule has 2 heteroatoms. The molecule has 0 aliphatic heterocycles. The zero-order valence-corrected chi connectivity index (χ0v) is 11.2. The third-order valence-corrected chi connectivity index (χ3v) is 3.89. The van der Waals surface area contributed by atoms with E-state index in [4.69, 9.17) is 0 Å². The van der Waals surface area contributed by atoms with Crippen LogP contribution in [0.1, 0.15) is 56.9 Å². The molecule has 0 radical (unpaired) electrons. The van der Waals surface area contributed by atoms with E-state index in [9.17, 15) is 4.79 Å². The van der Waals surface area contributed by atoms with Crippen LogP contribution >= 0.6 is 0 Å². The molecule has 0 saturated heterocycles. The molecule has 1 saturated carbocycles. The van der Waals surface area contributed by atoms with Gasteiger partial charge in [0.05, 0.1) is 5.92 Å². The molecule has 0 spiro atoms. The Morgan fingerprint density at radius 1 is 1.11 bits per heavy atom. The molecule has 0 aromatic heterocycles. The van der Waals surface area contributed by atoms with Crippen molar-refractivity contribution in [3.8, 4) is 0 Å². The van der Waals surface area contributed by atoms with Crippen LogP contribution in [0.25, 0.3) is 0 Å². The predicted molar refractivity (Wildman–Crippen MR) is 74.5 cm³/mol. The van der Waals surface area contributed by atoms with E-state index in [1.165, 1.54) is 25.7 Å². The van der Waals surface area contributed by atoms with Gasteiger partial charge in [0.2, 0.25) is 5.91 Å². The SMILES string of the molecule is CC(C(=O)NC1CCCCCC1)c1ccccc1. The lowest BCUT2D eigenvalue weighted by Gasteiger charge is -2.19. The lowest BCUT2D eigenvalue weighted by molar-refractivity contribution is -0.123. The first kappa shape index (κ1) is 13.1. The minimum atomic E-state index is -0.0468. The Morgan fingerprint density at radius 3 is 2.33 bits per heavy atom. The zero-order valence-electron chi connectivity index (χ0n) is 11.2. The van der Waals surface area contributed by atoms with Crippen LogP contribution in [0, 0.1) is 0 Å². The summed E-state index contributed by atoms with van der Waals surface area (Å²) in [5, 5.41) is 3.22. The van der Waals surface area contributed by atoms with Gasteiger partial charge in [-0.25, -0.2) is 0 Å². The highest BCUT2D eigenvalue weighted by Gasteiger charge is 2.19. The summed E-state index contributed by atoms with van der Waals surface area (Å²) in [5.74, 6) is 0.127. The van der Waals surface area contributed by atoms with E-state index in [2.05, 4.69) is 5.32 Å². The van der Waals surface area contributed by atoms with Crippen LogP contribution in [0.5, 0.6) is 0 Å². The van der Waals surface area contributed by atoms with Crippen molar-refractivity contribution >= 4 is 5.91 Å². The van der Waals surface area contributed by atoms with Gasteiger partial charge >= 0.3 is 0 Å². The van der Waals surface area contributed by atoms with Gasteiger partial charge in [-0.15, -0.1) is 0 Å². The first-order valence-corrected chi connectivity index (χ1v) is 7.12. The van der Waals surface area contributed by atoms with Gasteiger partial charge in [-0.3, -0.25) is 4.79 Å². The van der Waals surface area contributed by atoms with E-state index < -0.39 is 0 Å². The van der Waals surface area contributed by atoms with Crippen molar-refractivity contribution in [3.63, 3.8) is 0 Å². The topological polar surface area (TPSA) is 29.1 Å². The Kier molecular flexibility index (Phi) is 4.80. The number of hydrogen-bond donors (Lipinski definition) is 1. The second-order valence-corrected chi connectivity index (χ2v) is 5.33. The highest BCUT2D eigenvalue weighted by atomic mass is 16.1. The second kappa shape index (κ2) is 6.58. The van der Waals surface area contributed by atoms with E-state index in [1.807, 2.05) is 37.3 Å². The zero-order chi connectivity index (χ0) is 12.8. The minimum Gasteiger partial charge on any atom is -0.353 e. The number of rotatable bonds is 3. The summed E-state index contributed by atoms with van der Waals surface area (Å²) in [6.07, 6.45) is 7.44. The molecule has 0 heterocycles. The Balaban J connectivity index is 1.90. The number of benzene rings is 1. The highest BCUT2D eigenvalue weighted by molar-refractivity contribution is 5.83. The van der Waals surface area contributed by atoms with Crippen molar-refractivity contribution in [1.82, 2.24) is 5.32 Å². The Hall–Kier alpha value is -1.31. The first-order chi connectivity index (χ1) is 8.77. The van der Waals surface area contributed by atoms with Crippen molar-refractivity contribution in [2.45, 2.75) is 57.4 Å². The van der Waals surface area contributed by atoms with Crippen molar-refractivity contribution in [2.75, 3.05) is 0 Å². The third-order valence-electron chi connectivity index (χ3n) is 3.89. The summed E-state index contributed by atoms with van der Waals surface area (Å²) in [5.41, 5.74) is 1.10. The molecule has 1 aromatic rings. The van der Waals surface area contributed by atoms with E-state index >= 15 is 0 Å². The van der Waals surface area contributed by atoms with E-state index in [-0.39, 0.29) is 11.8 Å². The number of amides is 1. The van der Waals surface area contributed by atoms with Crippen molar-refractivity contribution < 1.29 is 4.79 Å². The number of nitrogens with one attached hydrogen (secondary N) is 1. The van der Waals surface area contributed by atoms with E-state index in [1.54, 1.807) is 0 Å². The summed E-state index contributed by atoms with van der Waals surface area (Å²) in [6, 6.07) is 10.4. The first-order valence-electron chi connectivity index (χ1n) is 7.12. The fraction of sp³-hybridized carbons (Fsp3) is 0.562. The maximum atomic E-state index is 12.2. The lowest BCUT2D eigenvalue weighted by Crippen LogP contribution is -2.37. The molecule has 98 valence electrons. The summed E-state index contributed by atoms with van der Waals surface area (Å²) in [4.78, 5) is 12.2. The Labute approximate surface area is 110 Å². The van der Waals surface area contributed by atoms with Gasteiger partial charge in [-0.2, -0.15) is 0 Å². The molecule has 18 heavy (non-hydrogen) atoms. The van der Waals surface area contributed by atoms with Crippen molar-refractivity contribution in [2.24, 2.45) is 0 Å². The van der Waals surface area contributed by atoms with Gasteiger partial charge in [-0.05, 0) is 25.3 Å². The van der Waals surface area contributed by atoms with Crippen molar-refractivity contribution in [3.05, 3.63) is 35.9 Å². The van der Waals surface area contributed by atoms with Crippen LogP contribution in [0.3, 0.4) is 0 Å². The highest BCUT2D eigenvalue weighted by Crippen LogP contribution is 2.19. The smallest absolute Gasteiger partial charge is 0.227 e. The summed E-state index contributed by atoms with van der Waals surface area (Å²) >= 11 is 0. The molecule has 0 bridgehead atoms. The van der Waals surface area contributed by atoms with E-state index in [0.29, 0.717) is 6.04 Å². The molecule has 1 unspecified atom stereocenters. The minimum absolute atomic E-state index is 0.0468.